The Morgan fingerprint density at radius 1 is 1.11 bits per heavy atom. The SMILES string of the molecule is O=C(NCCC(=O)N1CCc2ccc([N+](=O)[O-])cc21)NCc1ccccc1. The summed E-state index contributed by atoms with van der Waals surface area (Å²) in [5.41, 5.74) is 2.45. The van der Waals surface area contributed by atoms with Gasteiger partial charge in [0.15, 0.2) is 0 Å². The summed E-state index contributed by atoms with van der Waals surface area (Å²) in [5, 5.41) is 16.3. The maximum atomic E-state index is 12.4. The van der Waals surface area contributed by atoms with Gasteiger partial charge < -0.3 is 15.5 Å². The van der Waals surface area contributed by atoms with Crippen molar-refractivity contribution < 1.29 is 14.5 Å². The first-order chi connectivity index (χ1) is 13.0. The van der Waals surface area contributed by atoms with Crippen molar-refractivity contribution in [3.8, 4) is 0 Å². The van der Waals surface area contributed by atoms with Crippen molar-refractivity contribution in [2.75, 3.05) is 18.0 Å². The van der Waals surface area contributed by atoms with Crippen LogP contribution in [-0.2, 0) is 17.8 Å². The van der Waals surface area contributed by atoms with Crippen LogP contribution >= 0.6 is 0 Å². The number of anilines is 1. The number of amides is 3. The molecule has 8 nitrogen and oxygen atoms in total. The minimum atomic E-state index is -0.472. The maximum absolute atomic E-state index is 12.4. The number of fused-ring (bicyclic) bond motifs is 1. The standard InChI is InChI=1S/C19H20N4O4/c24-18(8-10-20-19(25)21-13-14-4-2-1-3-5-14)22-11-9-15-6-7-16(23(26)27)12-17(15)22/h1-7,12H,8-11,13H2,(H2,20,21,25). The molecule has 1 heterocycles. The smallest absolute Gasteiger partial charge is 0.315 e. The molecule has 2 N–H and O–H groups in total. The summed E-state index contributed by atoms with van der Waals surface area (Å²) in [6, 6.07) is 13.7. The van der Waals surface area contributed by atoms with Crippen LogP contribution in [0.1, 0.15) is 17.5 Å². The average Bonchev–Trinajstić information content (AvgIpc) is 3.10. The van der Waals surface area contributed by atoms with Crippen molar-refractivity contribution in [3.63, 3.8) is 0 Å². The third-order valence-electron chi connectivity index (χ3n) is 4.40. The molecule has 0 bridgehead atoms. The van der Waals surface area contributed by atoms with Crippen LogP contribution in [0.3, 0.4) is 0 Å². The van der Waals surface area contributed by atoms with Crippen molar-refractivity contribution in [3.05, 3.63) is 69.8 Å². The quantitative estimate of drug-likeness (QED) is 0.603. The third kappa shape index (κ3) is 4.60. The fourth-order valence-electron chi connectivity index (χ4n) is 3.00. The van der Waals surface area contributed by atoms with Gasteiger partial charge >= 0.3 is 6.03 Å². The lowest BCUT2D eigenvalue weighted by Gasteiger charge is -2.17. The number of benzene rings is 2. The molecule has 0 saturated heterocycles. The fraction of sp³-hybridized carbons (Fsp3) is 0.263. The Hall–Kier alpha value is -3.42. The van der Waals surface area contributed by atoms with Crippen LogP contribution in [0.2, 0.25) is 0 Å². The van der Waals surface area contributed by atoms with E-state index in [9.17, 15) is 19.7 Å². The second-order valence-corrected chi connectivity index (χ2v) is 6.21. The molecule has 0 saturated carbocycles. The van der Waals surface area contributed by atoms with E-state index in [0.717, 1.165) is 11.1 Å². The molecule has 0 unspecified atom stereocenters. The minimum Gasteiger partial charge on any atom is -0.338 e. The van der Waals surface area contributed by atoms with E-state index in [1.54, 1.807) is 11.0 Å². The van der Waals surface area contributed by atoms with Gasteiger partial charge in [-0.1, -0.05) is 36.4 Å². The number of non-ortho nitro benzene ring substituents is 1. The Bertz CT molecular complexity index is 854. The molecule has 1 aliphatic rings. The highest BCUT2D eigenvalue weighted by atomic mass is 16.6. The predicted octanol–water partition coefficient (Wildman–Crippen LogP) is 2.37. The second-order valence-electron chi connectivity index (χ2n) is 6.21. The van der Waals surface area contributed by atoms with E-state index < -0.39 is 4.92 Å². The largest absolute Gasteiger partial charge is 0.338 e. The first-order valence-corrected chi connectivity index (χ1v) is 8.68. The number of nitro benzene ring substituents is 1. The molecule has 0 aliphatic carbocycles. The summed E-state index contributed by atoms with van der Waals surface area (Å²) in [6.45, 7) is 1.10. The Kier molecular flexibility index (Phi) is 5.65. The number of carbonyl (C=O) groups is 2. The van der Waals surface area contributed by atoms with Gasteiger partial charge in [-0.25, -0.2) is 4.79 Å². The van der Waals surface area contributed by atoms with Crippen LogP contribution < -0.4 is 15.5 Å². The lowest BCUT2D eigenvalue weighted by Crippen LogP contribution is -2.38. The van der Waals surface area contributed by atoms with Gasteiger partial charge in [-0.3, -0.25) is 14.9 Å². The highest BCUT2D eigenvalue weighted by molar-refractivity contribution is 5.96. The molecule has 2 aromatic rings. The first-order valence-electron chi connectivity index (χ1n) is 8.68. The number of urea groups is 1. The number of nitrogens with one attached hydrogen (secondary N) is 2. The van der Waals surface area contributed by atoms with Crippen LogP contribution in [0.4, 0.5) is 16.2 Å². The van der Waals surface area contributed by atoms with Gasteiger partial charge in [0, 0.05) is 38.2 Å². The molecule has 2 aromatic carbocycles. The van der Waals surface area contributed by atoms with E-state index >= 15 is 0 Å². The highest BCUT2D eigenvalue weighted by Gasteiger charge is 2.26. The van der Waals surface area contributed by atoms with Gasteiger partial charge in [0.25, 0.3) is 5.69 Å². The van der Waals surface area contributed by atoms with Crippen LogP contribution in [-0.4, -0.2) is 30.0 Å². The minimum absolute atomic E-state index is 0.0353. The van der Waals surface area contributed by atoms with Crippen molar-refractivity contribution >= 4 is 23.3 Å². The van der Waals surface area contributed by atoms with Crippen LogP contribution in [0.25, 0.3) is 0 Å². The van der Waals surface area contributed by atoms with Gasteiger partial charge in [-0.05, 0) is 17.5 Å². The number of nitro groups is 1. The van der Waals surface area contributed by atoms with Gasteiger partial charge in [0.05, 0.1) is 10.6 Å². The molecular formula is C19H20N4O4. The summed E-state index contributed by atoms with van der Waals surface area (Å²) < 4.78 is 0. The Morgan fingerprint density at radius 3 is 2.63 bits per heavy atom. The topological polar surface area (TPSA) is 105 Å². The van der Waals surface area contributed by atoms with Crippen LogP contribution in [0, 0.1) is 10.1 Å². The van der Waals surface area contributed by atoms with Crippen molar-refractivity contribution in [2.24, 2.45) is 0 Å². The highest BCUT2D eigenvalue weighted by Crippen LogP contribution is 2.31. The normalized spacial score (nSPS) is 12.4. The molecule has 0 aromatic heterocycles. The Labute approximate surface area is 156 Å². The number of rotatable bonds is 6. The predicted molar refractivity (Wildman–Crippen MR) is 100 cm³/mol. The van der Waals surface area contributed by atoms with Gasteiger partial charge in [0.2, 0.25) is 5.91 Å². The number of carbonyl (C=O) groups excluding carboxylic acids is 2. The number of hydrogen-bond donors (Lipinski definition) is 2. The second kappa shape index (κ2) is 8.31. The van der Waals surface area contributed by atoms with E-state index in [4.69, 9.17) is 0 Å². The van der Waals surface area contributed by atoms with Crippen LogP contribution in [0.15, 0.2) is 48.5 Å². The molecule has 8 heteroatoms. The number of hydrogen-bond acceptors (Lipinski definition) is 4. The zero-order chi connectivity index (χ0) is 19.2. The summed E-state index contributed by atoms with van der Waals surface area (Å²) in [4.78, 5) is 36.3. The van der Waals surface area contributed by atoms with Gasteiger partial charge in [-0.15, -0.1) is 0 Å². The molecule has 27 heavy (non-hydrogen) atoms. The molecule has 3 amide bonds. The van der Waals surface area contributed by atoms with Crippen molar-refractivity contribution in [1.29, 1.82) is 0 Å². The molecule has 0 fully saturated rings. The molecule has 140 valence electrons. The first kappa shape index (κ1) is 18.4. The van der Waals surface area contributed by atoms with E-state index in [1.165, 1.54) is 12.1 Å². The molecule has 3 rings (SSSR count). The van der Waals surface area contributed by atoms with Crippen LogP contribution in [0.5, 0.6) is 0 Å². The Morgan fingerprint density at radius 2 is 1.89 bits per heavy atom. The third-order valence-corrected chi connectivity index (χ3v) is 4.40. The maximum Gasteiger partial charge on any atom is 0.315 e. The van der Waals surface area contributed by atoms with Gasteiger partial charge in [-0.2, -0.15) is 0 Å². The zero-order valence-electron chi connectivity index (χ0n) is 14.7. The summed E-state index contributed by atoms with van der Waals surface area (Å²) >= 11 is 0. The van der Waals surface area contributed by atoms with Gasteiger partial charge in [0.1, 0.15) is 0 Å². The van der Waals surface area contributed by atoms with Crippen molar-refractivity contribution in [1.82, 2.24) is 10.6 Å². The Balaban J connectivity index is 1.47. The van der Waals surface area contributed by atoms with E-state index in [1.807, 2.05) is 30.3 Å². The summed E-state index contributed by atoms with van der Waals surface area (Å²) in [6.07, 6.45) is 0.797. The van der Waals surface area contributed by atoms with E-state index in [2.05, 4.69) is 10.6 Å². The van der Waals surface area contributed by atoms with E-state index in [0.29, 0.717) is 25.2 Å². The fourth-order valence-corrected chi connectivity index (χ4v) is 3.00. The molecular weight excluding hydrogens is 348 g/mol. The molecule has 0 spiro atoms. The monoisotopic (exact) mass is 368 g/mol. The summed E-state index contributed by atoms with van der Waals surface area (Å²) in [7, 11) is 0. The molecule has 1 aliphatic heterocycles. The molecule has 0 atom stereocenters. The summed E-state index contributed by atoms with van der Waals surface area (Å²) in [5.74, 6) is -0.169. The molecule has 0 radical (unpaired) electrons. The lowest BCUT2D eigenvalue weighted by molar-refractivity contribution is -0.384. The van der Waals surface area contributed by atoms with Crippen molar-refractivity contribution in [2.45, 2.75) is 19.4 Å². The lowest BCUT2D eigenvalue weighted by atomic mass is 10.1. The zero-order valence-corrected chi connectivity index (χ0v) is 14.7. The average molecular weight is 368 g/mol. The van der Waals surface area contributed by atoms with E-state index in [-0.39, 0.29) is 30.6 Å². The number of nitrogens with zero attached hydrogens (tertiary/aromatic N) is 2.